The van der Waals surface area contributed by atoms with Crippen LogP contribution in [0.15, 0.2) is 51.7 Å². The van der Waals surface area contributed by atoms with Crippen LogP contribution in [-0.2, 0) is 4.79 Å². The maximum atomic E-state index is 12.1. The van der Waals surface area contributed by atoms with Crippen molar-refractivity contribution >= 4 is 34.2 Å². The lowest BCUT2D eigenvalue weighted by Crippen LogP contribution is -2.20. The molecule has 6 nitrogen and oxygen atoms in total. The highest BCUT2D eigenvalue weighted by molar-refractivity contribution is 6.31. The van der Waals surface area contributed by atoms with Gasteiger partial charge in [0.1, 0.15) is 22.1 Å². The van der Waals surface area contributed by atoms with Crippen LogP contribution in [0.1, 0.15) is 5.56 Å². The Balaban J connectivity index is 1.72. The number of hydrogen-bond acceptors (Lipinski definition) is 5. The molecule has 0 saturated heterocycles. The fraction of sp³-hybridized carbons (Fsp3) is 0.158. The zero-order valence-corrected chi connectivity index (χ0v) is 14.9. The largest absolute Gasteiger partial charge is 0.495 e. The number of carbonyl (C=O) groups is 1. The summed E-state index contributed by atoms with van der Waals surface area (Å²) in [6.07, 6.45) is 0. The Morgan fingerprint density at radius 2 is 2.00 bits per heavy atom. The van der Waals surface area contributed by atoms with E-state index in [1.54, 1.807) is 43.3 Å². The number of halogens is 1. The first-order valence-corrected chi connectivity index (χ1v) is 8.16. The summed E-state index contributed by atoms with van der Waals surface area (Å²) < 4.78 is 15.8. The number of rotatable bonds is 5. The van der Waals surface area contributed by atoms with Gasteiger partial charge in [0, 0.05) is 11.5 Å². The molecule has 0 unspecified atom stereocenters. The van der Waals surface area contributed by atoms with Gasteiger partial charge in [-0.05, 0) is 36.8 Å². The monoisotopic (exact) mass is 373 g/mol. The van der Waals surface area contributed by atoms with Crippen molar-refractivity contribution in [1.29, 1.82) is 0 Å². The Labute approximate surface area is 154 Å². The van der Waals surface area contributed by atoms with Crippen LogP contribution in [-0.4, -0.2) is 19.6 Å². The number of ether oxygens (including phenoxy) is 2. The molecular formula is C19H16ClNO5. The third kappa shape index (κ3) is 3.65. The number of amides is 1. The molecule has 0 aliphatic rings. The second kappa shape index (κ2) is 7.49. The van der Waals surface area contributed by atoms with Gasteiger partial charge in [-0.25, -0.2) is 4.79 Å². The summed E-state index contributed by atoms with van der Waals surface area (Å²) >= 11 is 5.90. The highest BCUT2D eigenvalue weighted by atomic mass is 35.5. The van der Waals surface area contributed by atoms with Crippen LogP contribution in [0.3, 0.4) is 0 Å². The van der Waals surface area contributed by atoms with E-state index in [1.165, 1.54) is 7.11 Å². The Kier molecular flexibility index (Phi) is 5.14. The van der Waals surface area contributed by atoms with E-state index >= 15 is 0 Å². The quantitative estimate of drug-likeness (QED) is 0.688. The molecule has 0 radical (unpaired) electrons. The van der Waals surface area contributed by atoms with Gasteiger partial charge in [-0.2, -0.15) is 0 Å². The minimum Gasteiger partial charge on any atom is -0.495 e. The van der Waals surface area contributed by atoms with Crippen molar-refractivity contribution in [3.8, 4) is 11.5 Å². The van der Waals surface area contributed by atoms with Crippen LogP contribution in [0.5, 0.6) is 11.5 Å². The average molecular weight is 374 g/mol. The first-order chi connectivity index (χ1) is 12.5. The van der Waals surface area contributed by atoms with E-state index in [-0.39, 0.29) is 17.5 Å². The number of anilines is 1. The standard InChI is InChI=1S/C19H16ClNO5/c1-11-13-8-7-12(9-16(13)26-19(23)18(11)20)25-10-17(22)21-14-5-3-4-6-15(14)24-2/h3-9H,10H2,1-2H3,(H,21,22). The van der Waals surface area contributed by atoms with E-state index in [4.69, 9.17) is 25.5 Å². The lowest BCUT2D eigenvalue weighted by molar-refractivity contribution is -0.118. The summed E-state index contributed by atoms with van der Waals surface area (Å²) in [5, 5.41) is 3.48. The number of aryl methyl sites for hydroxylation is 1. The van der Waals surface area contributed by atoms with Crippen molar-refractivity contribution in [2.45, 2.75) is 6.92 Å². The molecule has 7 heteroatoms. The molecule has 0 aliphatic heterocycles. The fourth-order valence-corrected chi connectivity index (χ4v) is 2.63. The van der Waals surface area contributed by atoms with E-state index < -0.39 is 5.63 Å². The van der Waals surface area contributed by atoms with Gasteiger partial charge in [-0.1, -0.05) is 23.7 Å². The Hall–Kier alpha value is -2.99. The van der Waals surface area contributed by atoms with Crippen LogP contribution in [0, 0.1) is 6.92 Å². The third-order valence-corrected chi connectivity index (χ3v) is 4.26. The maximum Gasteiger partial charge on any atom is 0.355 e. The second-order valence-electron chi connectivity index (χ2n) is 5.52. The third-order valence-electron chi connectivity index (χ3n) is 3.82. The smallest absolute Gasteiger partial charge is 0.355 e. The molecule has 0 atom stereocenters. The molecule has 0 aliphatic carbocycles. The molecule has 0 fully saturated rings. The molecule has 1 heterocycles. The topological polar surface area (TPSA) is 77.8 Å². The van der Waals surface area contributed by atoms with E-state index in [9.17, 15) is 9.59 Å². The first kappa shape index (κ1) is 17.8. The van der Waals surface area contributed by atoms with Crippen molar-refractivity contribution in [1.82, 2.24) is 0 Å². The molecule has 26 heavy (non-hydrogen) atoms. The molecule has 1 aromatic heterocycles. The van der Waals surface area contributed by atoms with Crippen molar-refractivity contribution in [2.75, 3.05) is 19.0 Å². The predicted molar refractivity (Wildman–Crippen MR) is 99.3 cm³/mol. The SMILES string of the molecule is COc1ccccc1NC(=O)COc1ccc2c(C)c(Cl)c(=O)oc2c1. The molecule has 3 aromatic rings. The van der Waals surface area contributed by atoms with Crippen LogP contribution in [0.4, 0.5) is 5.69 Å². The van der Waals surface area contributed by atoms with E-state index in [1.807, 2.05) is 6.07 Å². The molecule has 1 amide bonds. The van der Waals surface area contributed by atoms with Gasteiger partial charge in [0.2, 0.25) is 0 Å². The van der Waals surface area contributed by atoms with E-state index in [2.05, 4.69) is 5.32 Å². The van der Waals surface area contributed by atoms with Crippen LogP contribution < -0.4 is 20.4 Å². The van der Waals surface area contributed by atoms with Crippen LogP contribution >= 0.6 is 11.6 Å². The molecule has 0 saturated carbocycles. The van der Waals surface area contributed by atoms with Crippen molar-refractivity contribution in [2.24, 2.45) is 0 Å². The fourth-order valence-electron chi connectivity index (χ4n) is 2.49. The number of fused-ring (bicyclic) bond motifs is 1. The molecule has 1 N–H and O–H groups in total. The number of benzene rings is 2. The summed E-state index contributed by atoms with van der Waals surface area (Å²) in [5.41, 5.74) is 0.930. The second-order valence-corrected chi connectivity index (χ2v) is 5.90. The summed E-state index contributed by atoms with van der Waals surface area (Å²) in [7, 11) is 1.53. The maximum absolute atomic E-state index is 12.1. The van der Waals surface area contributed by atoms with E-state index in [0.717, 1.165) is 0 Å². The predicted octanol–water partition coefficient (Wildman–Crippen LogP) is 3.78. The zero-order valence-electron chi connectivity index (χ0n) is 14.2. The summed E-state index contributed by atoms with van der Waals surface area (Å²) in [4.78, 5) is 23.8. The minimum absolute atomic E-state index is 0.0577. The first-order valence-electron chi connectivity index (χ1n) is 7.78. The van der Waals surface area contributed by atoms with Gasteiger partial charge in [-0.3, -0.25) is 4.79 Å². The van der Waals surface area contributed by atoms with E-state index in [0.29, 0.717) is 33.7 Å². The normalized spacial score (nSPS) is 10.6. The molecule has 2 aromatic carbocycles. The molecule has 0 bridgehead atoms. The lowest BCUT2D eigenvalue weighted by atomic mass is 10.1. The highest BCUT2D eigenvalue weighted by Gasteiger charge is 2.11. The molecular weight excluding hydrogens is 358 g/mol. The Morgan fingerprint density at radius 3 is 2.77 bits per heavy atom. The highest BCUT2D eigenvalue weighted by Crippen LogP contribution is 2.26. The number of para-hydroxylation sites is 2. The Morgan fingerprint density at radius 1 is 1.23 bits per heavy atom. The van der Waals surface area contributed by atoms with Gasteiger partial charge in [0.15, 0.2) is 6.61 Å². The van der Waals surface area contributed by atoms with Crippen molar-refractivity contribution in [3.05, 3.63) is 63.5 Å². The van der Waals surface area contributed by atoms with Gasteiger partial charge in [-0.15, -0.1) is 0 Å². The Bertz CT molecular complexity index is 1030. The minimum atomic E-state index is -0.609. The molecule has 3 rings (SSSR count). The van der Waals surface area contributed by atoms with Gasteiger partial charge in [0.25, 0.3) is 5.91 Å². The van der Waals surface area contributed by atoms with Crippen LogP contribution in [0.25, 0.3) is 11.0 Å². The van der Waals surface area contributed by atoms with Gasteiger partial charge >= 0.3 is 5.63 Å². The van der Waals surface area contributed by atoms with Gasteiger partial charge in [0.05, 0.1) is 12.8 Å². The number of hydrogen-bond donors (Lipinski definition) is 1. The van der Waals surface area contributed by atoms with Crippen molar-refractivity contribution < 1.29 is 18.7 Å². The summed E-state index contributed by atoms with van der Waals surface area (Å²) in [6.45, 7) is 1.53. The van der Waals surface area contributed by atoms with Crippen molar-refractivity contribution in [3.63, 3.8) is 0 Å². The number of methoxy groups -OCH3 is 1. The number of carbonyl (C=O) groups excluding carboxylic acids is 1. The summed E-state index contributed by atoms with van der Waals surface area (Å²) in [6, 6.07) is 12.0. The number of nitrogens with one attached hydrogen (secondary N) is 1. The zero-order chi connectivity index (χ0) is 18.7. The average Bonchev–Trinajstić information content (AvgIpc) is 2.65. The molecule has 134 valence electrons. The van der Waals surface area contributed by atoms with Crippen LogP contribution in [0.2, 0.25) is 5.02 Å². The van der Waals surface area contributed by atoms with Gasteiger partial charge < -0.3 is 19.2 Å². The lowest BCUT2D eigenvalue weighted by Gasteiger charge is -2.11. The molecule has 0 spiro atoms. The summed E-state index contributed by atoms with van der Waals surface area (Å²) in [5.74, 6) is 0.613.